The highest BCUT2D eigenvalue weighted by molar-refractivity contribution is 6.31. The Hall–Kier alpha value is -2.27. The zero-order valence-corrected chi connectivity index (χ0v) is 14.6. The molecule has 0 fully saturated rings. The second-order valence-electron chi connectivity index (χ2n) is 5.68. The summed E-state index contributed by atoms with van der Waals surface area (Å²) in [5.41, 5.74) is 1.08. The van der Waals surface area contributed by atoms with E-state index in [1.54, 1.807) is 51.1 Å². The van der Waals surface area contributed by atoms with Gasteiger partial charge in [-0.1, -0.05) is 29.8 Å². The van der Waals surface area contributed by atoms with Gasteiger partial charge in [0.05, 0.1) is 30.4 Å². The van der Waals surface area contributed by atoms with Crippen molar-refractivity contribution in [2.45, 2.75) is 39.3 Å². The molecule has 1 aromatic carbocycles. The number of rotatable bonds is 6. The normalized spacial score (nSPS) is 12.0. The van der Waals surface area contributed by atoms with Crippen molar-refractivity contribution in [1.82, 2.24) is 5.32 Å². The first kappa shape index (κ1) is 18.1. The first-order chi connectivity index (χ1) is 11.4. The Kier molecular flexibility index (Phi) is 6.04. The molecular formula is C18H20ClNO4. The van der Waals surface area contributed by atoms with E-state index in [1.165, 1.54) is 6.26 Å². The maximum absolute atomic E-state index is 12.5. The average molecular weight is 350 g/mol. The number of hydrogen-bond donors (Lipinski definition) is 1. The van der Waals surface area contributed by atoms with E-state index in [4.69, 9.17) is 20.8 Å². The van der Waals surface area contributed by atoms with E-state index >= 15 is 0 Å². The van der Waals surface area contributed by atoms with Gasteiger partial charge in [0, 0.05) is 5.02 Å². The van der Waals surface area contributed by atoms with Crippen molar-refractivity contribution >= 4 is 23.5 Å². The van der Waals surface area contributed by atoms with Crippen LogP contribution < -0.4 is 5.32 Å². The zero-order chi connectivity index (χ0) is 17.7. The molecule has 128 valence electrons. The molecule has 0 aliphatic heterocycles. The molecule has 0 spiro atoms. The monoisotopic (exact) mass is 349 g/mol. The van der Waals surface area contributed by atoms with Crippen LogP contribution in [0.25, 0.3) is 0 Å². The van der Waals surface area contributed by atoms with Gasteiger partial charge >= 0.3 is 5.97 Å². The fourth-order valence-electron chi connectivity index (χ4n) is 2.33. The molecule has 1 heterocycles. The maximum atomic E-state index is 12.5. The van der Waals surface area contributed by atoms with Gasteiger partial charge in [-0.2, -0.15) is 0 Å². The summed E-state index contributed by atoms with van der Waals surface area (Å²) in [4.78, 5) is 24.5. The molecule has 0 aliphatic carbocycles. The number of halogens is 1. The molecular weight excluding hydrogens is 330 g/mol. The van der Waals surface area contributed by atoms with E-state index in [0.29, 0.717) is 21.9 Å². The van der Waals surface area contributed by atoms with Crippen molar-refractivity contribution in [3.8, 4) is 0 Å². The summed E-state index contributed by atoms with van der Waals surface area (Å²) in [6.07, 6.45) is 1.21. The molecule has 2 rings (SSSR count). The van der Waals surface area contributed by atoms with E-state index in [9.17, 15) is 9.59 Å². The average Bonchev–Trinajstić information content (AvgIpc) is 2.92. The van der Waals surface area contributed by atoms with Crippen LogP contribution in [0.1, 0.15) is 48.0 Å². The number of amides is 1. The third-order valence-electron chi connectivity index (χ3n) is 3.43. The van der Waals surface area contributed by atoms with Gasteiger partial charge in [0.2, 0.25) is 0 Å². The maximum Gasteiger partial charge on any atom is 0.308 e. The van der Waals surface area contributed by atoms with Gasteiger partial charge in [0.15, 0.2) is 0 Å². The molecule has 24 heavy (non-hydrogen) atoms. The third kappa shape index (κ3) is 4.61. The molecule has 0 aliphatic rings. The molecule has 1 aromatic heterocycles. The van der Waals surface area contributed by atoms with Crippen LogP contribution in [0.5, 0.6) is 0 Å². The Morgan fingerprint density at radius 3 is 2.54 bits per heavy atom. The number of ether oxygens (including phenoxy) is 1. The molecule has 2 aromatic rings. The predicted molar refractivity (Wildman–Crippen MR) is 90.9 cm³/mol. The zero-order valence-electron chi connectivity index (χ0n) is 13.8. The van der Waals surface area contributed by atoms with Gasteiger partial charge < -0.3 is 14.5 Å². The van der Waals surface area contributed by atoms with E-state index in [2.05, 4.69) is 5.32 Å². The Morgan fingerprint density at radius 1 is 1.25 bits per heavy atom. The first-order valence-corrected chi connectivity index (χ1v) is 8.05. The van der Waals surface area contributed by atoms with E-state index in [1.807, 2.05) is 0 Å². The topological polar surface area (TPSA) is 68.5 Å². The Bertz CT molecular complexity index is 723. The summed E-state index contributed by atoms with van der Waals surface area (Å²) in [6, 6.07) is 8.08. The van der Waals surface area contributed by atoms with Gasteiger partial charge in [-0.05, 0) is 38.5 Å². The van der Waals surface area contributed by atoms with Gasteiger partial charge in [0.25, 0.3) is 5.91 Å². The lowest BCUT2D eigenvalue weighted by Crippen LogP contribution is -2.31. The second kappa shape index (κ2) is 8.02. The fourth-order valence-corrected chi connectivity index (χ4v) is 2.60. The quantitative estimate of drug-likeness (QED) is 0.799. The summed E-state index contributed by atoms with van der Waals surface area (Å²) < 4.78 is 10.3. The fraction of sp³-hybridized carbons (Fsp3) is 0.333. The molecule has 5 nitrogen and oxygen atoms in total. The van der Waals surface area contributed by atoms with Crippen LogP contribution in [-0.2, 0) is 9.53 Å². The van der Waals surface area contributed by atoms with Crippen molar-refractivity contribution in [2.24, 2.45) is 0 Å². The summed E-state index contributed by atoms with van der Waals surface area (Å²) in [5, 5.41) is 3.31. The van der Waals surface area contributed by atoms with Crippen LogP contribution in [0, 0.1) is 6.92 Å². The van der Waals surface area contributed by atoms with Gasteiger partial charge in [-0.15, -0.1) is 0 Å². The van der Waals surface area contributed by atoms with E-state index < -0.39 is 12.0 Å². The number of hydrogen-bond acceptors (Lipinski definition) is 4. The highest BCUT2D eigenvalue weighted by atomic mass is 35.5. The third-order valence-corrected chi connectivity index (χ3v) is 3.77. The summed E-state index contributed by atoms with van der Waals surface area (Å²) in [7, 11) is 0. The first-order valence-electron chi connectivity index (χ1n) is 7.67. The number of carbonyl (C=O) groups excluding carboxylic acids is 2. The molecule has 1 unspecified atom stereocenters. The Morgan fingerprint density at radius 2 is 1.96 bits per heavy atom. The molecule has 6 heteroatoms. The Balaban J connectivity index is 2.23. The molecule has 0 saturated carbocycles. The van der Waals surface area contributed by atoms with Crippen LogP contribution in [-0.4, -0.2) is 18.0 Å². The summed E-state index contributed by atoms with van der Waals surface area (Å²) in [6.45, 7) is 5.25. The summed E-state index contributed by atoms with van der Waals surface area (Å²) in [5.74, 6) is -0.224. The van der Waals surface area contributed by atoms with E-state index in [0.717, 1.165) is 0 Å². The lowest BCUT2D eigenvalue weighted by Gasteiger charge is -2.20. The van der Waals surface area contributed by atoms with Gasteiger partial charge in [0.1, 0.15) is 5.76 Å². The number of aryl methyl sites for hydroxylation is 1. The predicted octanol–water partition coefficient (Wildman–Crippen LogP) is 4.05. The lowest BCUT2D eigenvalue weighted by molar-refractivity contribution is -0.147. The molecule has 1 N–H and O–H groups in total. The second-order valence-corrected chi connectivity index (χ2v) is 6.09. The highest BCUT2D eigenvalue weighted by Crippen LogP contribution is 2.26. The van der Waals surface area contributed by atoms with Crippen molar-refractivity contribution in [3.63, 3.8) is 0 Å². The standard InChI is InChI=1S/C18H20ClNO4/c1-11(2)24-17(21)10-16(14-6-4-5-7-15(14)19)20-18(22)13-8-9-23-12(13)3/h4-9,11,16H,10H2,1-3H3,(H,20,22). The SMILES string of the molecule is Cc1occc1C(=O)NC(CC(=O)OC(C)C)c1ccccc1Cl. The van der Waals surface area contributed by atoms with Gasteiger partial charge in [-0.25, -0.2) is 0 Å². The lowest BCUT2D eigenvalue weighted by atomic mass is 10.0. The van der Waals surface area contributed by atoms with Crippen molar-refractivity contribution < 1.29 is 18.7 Å². The van der Waals surface area contributed by atoms with E-state index in [-0.39, 0.29) is 18.4 Å². The number of benzene rings is 1. The summed E-state index contributed by atoms with van der Waals surface area (Å²) >= 11 is 6.23. The van der Waals surface area contributed by atoms with Crippen LogP contribution in [0.4, 0.5) is 0 Å². The smallest absolute Gasteiger partial charge is 0.308 e. The molecule has 0 saturated heterocycles. The highest BCUT2D eigenvalue weighted by Gasteiger charge is 2.23. The Labute approximate surface area is 145 Å². The molecule has 1 atom stereocenters. The van der Waals surface area contributed by atoms with Crippen molar-refractivity contribution in [1.29, 1.82) is 0 Å². The van der Waals surface area contributed by atoms with Crippen LogP contribution in [0.3, 0.4) is 0 Å². The number of nitrogens with one attached hydrogen (secondary N) is 1. The molecule has 1 amide bonds. The van der Waals surface area contributed by atoms with Crippen LogP contribution >= 0.6 is 11.6 Å². The number of esters is 1. The molecule has 0 bridgehead atoms. The number of furan rings is 1. The number of carbonyl (C=O) groups is 2. The van der Waals surface area contributed by atoms with Gasteiger partial charge in [-0.3, -0.25) is 9.59 Å². The molecule has 0 radical (unpaired) electrons. The minimum atomic E-state index is -0.591. The van der Waals surface area contributed by atoms with Crippen molar-refractivity contribution in [2.75, 3.05) is 0 Å². The minimum Gasteiger partial charge on any atom is -0.469 e. The van der Waals surface area contributed by atoms with Crippen molar-refractivity contribution in [3.05, 3.63) is 58.5 Å². The van der Waals surface area contributed by atoms with Crippen LogP contribution in [0.2, 0.25) is 5.02 Å². The van der Waals surface area contributed by atoms with Crippen LogP contribution in [0.15, 0.2) is 41.0 Å². The largest absolute Gasteiger partial charge is 0.469 e. The minimum absolute atomic E-state index is 0.00937.